The number of nitrogens with one attached hydrogen (secondary N) is 1. The van der Waals surface area contributed by atoms with Gasteiger partial charge in [0.25, 0.3) is 0 Å². The first kappa shape index (κ1) is 14.0. The molecule has 0 radical (unpaired) electrons. The summed E-state index contributed by atoms with van der Waals surface area (Å²) in [6.07, 6.45) is 8.10. The third kappa shape index (κ3) is 4.02. The van der Waals surface area contributed by atoms with Gasteiger partial charge < -0.3 is 10.4 Å². The maximum absolute atomic E-state index is 10.7. The Morgan fingerprint density at radius 1 is 1.47 bits per heavy atom. The fraction of sp³-hybridized carbons (Fsp3) is 0.769. The molecule has 2 N–H and O–H groups in total. The highest BCUT2D eigenvalue weighted by Crippen LogP contribution is 2.34. The molecule has 0 unspecified atom stereocenters. The van der Waals surface area contributed by atoms with E-state index in [9.17, 15) is 4.79 Å². The van der Waals surface area contributed by atoms with Gasteiger partial charge in [0.2, 0.25) is 0 Å². The van der Waals surface area contributed by atoms with Crippen LogP contribution in [0.25, 0.3) is 0 Å². The molecule has 0 saturated heterocycles. The number of hydrogen-bond donors (Lipinski definition) is 2. The Labute approximate surface area is 113 Å². The summed E-state index contributed by atoms with van der Waals surface area (Å²) in [5.74, 6) is -1.03. The van der Waals surface area contributed by atoms with Gasteiger partial charge in [-0.3, -0.25) is 4.68 Å². The average Bonchev–Trinajstić information content (AvgIpc) is 2.84. The van der Waals surface area contributed by atoms with Gasteiger partial charge in [0.15, 0.2) is 5.69 Å². The molecule has 1 aliphatic rings. The zero-order valence-corrected chi connectivity index (χ0v) is 11.4. The van der Waals surface area contributed by atoms with Gasteiger partial charge in [-0.25, -0.2) is 4.79 Å². The number of carbonyl (C=O) groups is 1. The molecule has 19 heavy (non-hydrogen) atoms. The van der Waals surface area contributed by atoms with E-state index in [0.717, 1.165) is 13.1 Å². The van der Waals surface area contributed by atoms with Gasteiger partial charge in [0.05, 0.1) is 12.7 Å². The molecule has 1 saturated carbocycles. The van der Waals surface area contributed by atoms with Crippen LogP contribution in [0.2, 0.25) is 0 Å². The topological polar surface area (TPSA) is 80.0 Å². The first-order valence-corrected chi connectivity index (χ1v) is 6.93. The first-order chi connectivity index (χ1) is 9.09. The van der Waals surface area contributed by atoms with Crippen LogP contribution in [0.15, 0.2) is 6.20 Å². The molecule has 1 aromatic heterocycles. The number of aromatic nitrogens is 3. The van der Waals surface area contributed by atoms with Gasteiger partial charge in [-0.05, 0) is 18.3 Å². The highest BCUT2D eigenvalue weighted by molar-refractivity contribution is 5.84. The van der Waals surface area contributed by atoms with Crippen molar-refractivity contribution in [1.82, 2.24) is 20.3 Å². The molecular weight excluding hydrogens is 244 g/mol. The quantitative estimate of drug-likeness (QED) is 0.763. The van der Waals surface area contributed by atoms with E-state index in [-0.39, 0.29) is 5.69 Å². The zero-order chi connectivity index (χ0) is 13.7. The van der Waals surface area contributed by atoms with Crippen molar-refractivity contribution in [2.24, 2.45) is 5.41 Å². The highest BCUT2D eigenvalue weighted by atomic mass is 16.4. The lowest BCUT2D eigenvalue weighted by Crippen LogP contribution is -2.35. The van der Waals surface area contributed by atoms with Crippen molar-refractivity contribution in [3.8, 4) is 0 Å². The van der Waals surface area contributed by atoms with E-state index in [4.69, 9.17) is 5.11 Å². The number of carboxylic acid groups (broad SMARTS) is 1. The minimum absolute atomic E-state index is 0.000702. The summed E-state index contributed by atoms with van der Waals surface area (Å²) in [5, 5.41) is 19.6. The number of aromatic carboxylic acids is 1. The van der Waals surface area contributed by atoms with Crippen LogP contribution >= 0.6 is 0 Å². The van der Waals surface area contributed by atoms with Crippen molar-refractivity contribution in [2.45, 2.75) is 45.6 Å². The third-order valence-corrected chi connectivity index (χ3v) is 3.89. The van der Waals surface area contributed by atoms with Crippen LogP contribution in [0.1, 0.15) is 49.5 Å². The maximum atomic E-state index is 10.7. The molecule has 0 aliphatic heterocycles. The summed E-state index contributed by atoms with van der Waals surface area (Å²) in [6.45, 7) is 4.80. The van der Waals surface area contributed by atoms with Gasteiger partial charge in [-0.1, -0.05) is 31.4 Å². The van der Waals surface area contributed by atoms with Crippen LogP contribution < -0.4 is 5.32 Å². The Hall–Kier alpha value is -1.43. The summed E-state index contributed by atoms with van der Waals surface area (Å²) < 4.78 is 1.57. The van der Waals surface area contributed by atoms with Crippen molar-refractivity contribution in [2.75, 3.05) is 13.1 Å². The second-order valence-corrected chi connectivity index (χ2v) is 5.72. The molecule has 1 fully saturated rings. The largest absolute Gasteiger partial charge is 0.476 e. The van der Waals surface area contributed by atoms with Crippen molar-refractivity contribution in [3.05, 3.63) is 11.9 Å². The predicted octanol–water partition coefficient (Wildman–Crippen LogP) is 1.54. The SMILES string of the molecule is CC1(CNCCn2cc(C(=O)O)nn2)CCCCC1. The van der Waals surface area contributed by atoms with E-state index in [1.165, 1.54) is 38.3 Å². The summed E-state index contributed by atoms with van der Waals surface area (Å²) >= 11 is 0. The van der Waals surface area contributed by atoms with Crippen molar-refractivity contribution in [3.63, 3.8) is 0 Å². The molecule has 0 bridgehead atoms. The second kappa shape index (κ2) is 6.14. The Morgan fingerprint density at radius 2 is 2.21 bits per heavy atom. The molecule has 6 heteroatoms. The lowest BCUT2D eigenvalue weighted by molar-refractivity contribution is 0.0690. The summed E-state index contributed by atoms with van der Waals surface area (Å²) in [6, 6.07) is 0. The molecule has 1 heterocycles. The number of carboxylic acids is 1. The van der Waals surface area contributed by atoms with Crippen LogP contribution in [0.5, 0.6) is 0 Å². The Bertz CT molecular complexity index is 424. The monoisotopic (exact) mass is 266 g/mol. The molecule has 0 amide bonds. The maximum Gasteiger partial charge on any atom is 0.358 e. The summed E-state index contributed by atoms with van der Waals surface area (Å²) in [4.78, 5) is 10.7. The van der Waals surface area contributed by atoms with E-state index in [0.29, 0.717) is 12.0 Å². The lowest BCUT2D eigenvalue weighted by Gasteiger charge is -2.33. The predicted molar refractivity (Wildman–Crippen MR) is 71.0 cm³/mol. The molecule has 1 aliphatic carbocycles. The fourth-order valence-corrected chi connectivity index (χ4v) is 2.67. The standard InChI is InChI=1S/C13H22N4O2/c1-13(5-3-2-4-6-13)10-14-7-8-17-9-11(12(18)19)15-16-17/h9,14H,2-8,10H2,1H3,(H,18,19). The number of nitrogens with zero attached hydrogens (tertiary/aromatic N) is 3. The van der Waals surface area contributed by atoms with Gasteiger partial charge in [0, 0.05) is 13.1 Å². The molecule has 1 aromatic rings. The lowest BCUT2D eigenvalue weighted by atomic mass is 9.76. The average molecular weight is 266 g/mol. The van der Waals surface area contributed by atoms with E-state index in [1.807, 2.05) is 0 Å². The van der Waals surface area contributed by atoms with E-state index < -0.39 is 5.97 Å². The molecule has 0 atom stereocenters. The van der Waals surface area contributed by atoms with Crippen LogP contribution in [0.3, 0.4) is 0 Å². The van der Waals surface area contributed by atoms with E-state index in [1.54, 1.807) is 4.68 Å². The van der Waals surface area contributed by atoms with E-state index >= 15 is 0 Å². The summed E-state index contributed by atoms with van der Waals surface area (Å²) in [7, 11) is 0. The Morgan fingerprint density at radius 3 is 2.84 bits per heavy atom. The Balaban J connectivity index is 1.69. The minimum Gasteiger partial charge on any atom is -0.476 e. The van der Waals surface area contributed by atoms with Gasteiger partial charge in [-0.15, -0.1) is 5.10 Å². The zero-order valence-electron chi connectivity index (χ0n) is 11.4. The fourth-order valence-electron chi connectivity index (χ4n) is 2.67. The van der Waals surface area contributed by atoms with Gasteiger partial charge >= 0.3 is 5.97 Å². The van der Waals surface area contributed by atoms with Crippen molar-refractivity contribution in [1.29, 1.82) is 0 Å². The second-order valence-electron chi connectivity index (χ2n) is 5.72. The number of rotatable bonds is 6. The Kier molecular flexibility index (Phi) is 4.52. The van der Waals surface area contributed by atoms with Crippen LogP contribution in [-0.4, -0.2) is 39.2 Å². The molecule has 0 aromatic carbocycles. The van der Waals surface area contributed by atoms with Gasteiger partial charge in [-0.2, -0.15) is 0 Å². The molecular formula is C13H22N4O2. The van der Waals surface area contributed by atoms with Crippen molar-refractivity contribution >= 4 is 5.97 Å². The van der Waals surface area contributed by atoms with Crippen LogP contribution in [-0.2, 0) is 6.54 Å². The summed E-state index contributed by atoms with van der Waals surface area (Å²) in [5.41, 5.74) is 0.423. The molecule has 106 valence electrons. The van der Waals surface area contributed by atoms with Crippen LogP contribution in [0.4, 0.5) is 0 Å². The van der Waals surface area contributed by atoms with E-state index in [2.05, 4.69) is 22.6 Å². The third-order valence-electron chi connectivity index (χ3n) is 3.89. The molecule has 0 spiro atoms. The normalized spacial score (nSPS) is 18.4. The molecule has 2 rings (SSSR count). The molecule has 6 nitrogen and oxygen atoms in total. The smallest absolute Gasteiger partial charge is 0.358 e. The minimum atomic E-state index is -1.03. The van der Waals surface area contributed by atoms with Gasteiger partial charge in [0.1, 0.15) is 0 Å². The van der Waals surface area contributed by atoms with Crippen LogP contribution in [0, 0.1) is 5.41 Å². The first-order valence-electron chi connectivity index (χ1n) is 6.93. The number of hydrogen-bond acceptors (Lipinski definition) is 4. The highest BCUT2D eigenvalue weighted by Gasteiger charge is 2.25. The van der Waals surface area contributed by atoms with Crippen molar-refractivity contribution < 1.29 is 9.90 Å².